The van der Waals surface area contributed by atoms with Crippen molar-refractivity contribution in [2.75, 3.05) is 6.54 Å². The molecule has 118 valence electrons. The lowest BCUT2D eigenvalue weighted by Crippen LogP contribution is -2.40. The summed E-state index contributed by atoms with van der Waals surface area (Å²) in [6, 6.07) is 1.23. The normalized spacial score (nSPS) is 21.2. The maximum atomic E-state index is 12.8. The second-order valence-corrected chi connectivity index (χ2v) is 10.1. The Balaban J connectivity index is 2.35. The number of carbonyl (C=O) groups excluding carboxylic acids is 1. The molecule has 1 unspecified atom stereocenters. The van der Waals surface area contributed by atoms with Crippen molar-refractivity contribution in [2.45, 2.75) is 49.3 Å². The molecular weight excluding hydrogens is 398 g/mol. The van der Waals surface area contributed by atoms with Crippen LogP contribution >= 0.6 is 38.9 Å². The van der Waals surface area contributed by atoms with Gasteiger partial charge in [0.15, 0.2) is 0 Å². The predicted octanol–water partition coefficient (Wildman–Crippen LogP) is 4.08. The van der Waals surface area contributed by atoms with Gasteiger partial charge in [-0.05, 0) is 41.8 Å². The Kier molecular flexibility index (Phi) is 5.87. The summed E-state index contributed by atoms with van der Waals surface area (Å²) >= 11 is 10.3. The van der Waals surface area contributed by atoms with Crippen LogP contribution in [0.3, 0.4) is 0 Å². The number of hydrogen-bond acceptors (Lipinski definition) is 4. The first kappa shape index (κ1) is 17.4. The first-order valence-corrected chi connectivity index (χ1v) is 10.2. The number of halogens is 2. The van der Waals surface area contributed by atoms with Crippen LogP contribution in [0.5, 0.6) is 0 Å². The molecule has 1 aliphatic heterocycles. The second-order valence-electron chi connectivity index (χ2n) is 5.21. The Morgan fingerprint density at radius 1 is 1.48 bits per heavy atom. The zero-order valence-electron chi connectivity index (χ0n) is 11.6. The second kappa shape index (κ2) is 7.08. The average Bonchev–Trinajstić information content (AvgIpc) is 2.61. The summed E-state index contributed by atoms with van der Waals surface area (Å²) in [6.45, 7) is 1.97. The van der Waals surface area contributed by atoms with Crippen LogP contribution in [-0.4, -0.2) is 31.1 Å². The Morgan fingerprint density at radius 3 is 2.76 bits per heavy atom. The van der Waals surface area contributed by atoms with Crippen LogP contribution in [0.1, 0.15) is 39.0 Å². The van der Waals surface area contributed by atoms with Gasteiger partial charge in [-0.15, -0.1) is 11.3 Å². The SMILES string of the molecule is CC(=O)CC1CCCCCN1S(=O)(=O)c1cc(Cl)c(Br)s1. The van der Waals surface area contributed by atoms with Gasteiger partial charge in [-0.1, -0.05) is 24.4 Å². The fourth-order valence-electron chi connectivity index (χ4n) is 2.57. The smallest absolute Gasteiger partial charge is 0.252 e. The van der Waals surface area contributed by atoms with Crippen LogP contribution in [0.2, 0.25) is 5.02 Å². The maximum absolute atomic E-state index is 12.8. The standard InChI is InChI=1S/C13H17BrClNO3S2/c1-9(17)7-10-5-3-2-4-6-16(10)21(18,19)12-8-11(15)13(14)20-12/h8,10H,2-7H2,1H3. The molecule has 4 nitrogen and oxygen atoms in total. The number of rotatable bonds is 4. The number of sulfonamides is 1. The van der Waals surface area contributed by atoms with Crippen molar-refractivity contribution < 1.29 is 13.2 Å². The lowest BCUT2D eigenvalue weighted by atomic mass is 10.1. The quantitative estimate of drug-likeness (QED) is 0.746. The van der Waals surface area contributed by atoms with Gasteiger partial charge in [0.25, 0.3) is 10.0 Å². The molecular formula is C13H17BrClNO3S2. The number of thiophene rings is 1. The van der Waals surface area contributed by atoms with Gasteiger partial charge in [0.05, 0.1) is 8.81 Å². The van der Waals surface area contributed by atoms with Crippen molar-refractivity contribution in [3.05, 3.63) is 14.9 Å². The monoisotopic (exact) mass is 413 g/mol. The molecule has 21 heavy (non-hydrogen) atoms. The lowest BCUT2D eigenvalue weighted by molar-refractivity contribution is -0.117. The van der Waals surface area contributed by atoms with Gasteiger partial charge in [0.1, 0.15) is 9.99 Å². The molecule has 0 amide bonds. The van der Waals surface area contributed by atoms with Crippen molar-refractivity contribution in [2.24, 2.45) is 0 Å². The number of carbonyl (C=O) groups is 1. The minimum atomic E-state index is -3.60. The van der Waals surface area contributed by atoms with E-state index in [-0.39, 0.29) is 22.5 Å². The van der Waals surface area contributed by atoms with E-state index in [4.69, 9.17) is 11.6 Å². The van der Waals surface area contributed by atoms with E-state index in [9.17, 15) is 13.2 Å². The molecule has 1 aliphatic rings. The van der Waals surface area contributed by atoms with Crippen LogP contribution in [0.15, 0.2) is 14.1 Å². The van der Waals surface area contributed by atoms with Crippen molar-refractivity contribution in [3.63, 3.8) is 0 Å². The van der Waals surface area contributed by atoms with Crippen LogP contribution in [-0.2, 0) is 14.8 Å². The van der Waals surface area contributed by atoms with E-state index >= 15 is 0 Å². The molecule has 0 spiro atoms. The topological polar surface area (TPSA) is 54.5 Å². The van der Waals surface area contributed by atoms with Gasteiger partial charge in [-0.25, -0.2) is 8.42 Å². The van der Waals surface area contributed by atoms with Gasteiger partial charge >= 0.3 is 0 Å². The van der Waals surface area contributed by atoms with E-state index in [1.54, 1.807) is 0 Å². The fraction of sp³-hybridized carbons (Fsp3) is 0.615. The highest BCUT2D eigenvalue weighted by Crippen LogP contribution is 2.37. The van der Waals surface area contributed by atoms with Gasteiger partial charge in [-0.3, -0.25) is 4.79 Å². The molecule has 8 heteroatoms. The van der Waals surface area contributed by atoms with Crippen LogP contribution < -0.4 is 0 Å². The largest absolute Gasteiger partial charge is 0.300 e. The molecule has 1 fully saturated rings. The molecule has 0 saturated carbocycles. The molecule has 0 radical (unpaired) electrons. The minimum absolute atomic E-state index is 0.0208. The first-order chi connectivity index (χ1) is 9.82. The molecule has 0 bridgehead atoms. The summed E-state index contributed by atoms with van der Waals surface area (Å²) in [5.74, 6) is 0.0208. The molecule has 2 rings (SSSR count). The molecule has 1 saturated heterocycles. The summed E-state index contributed by atoms with van der Waals surface area (Å²) in [6.07, 6.45) is 3.79. The summed E-state index contributed by atoms with van der Waals surface area (Å²) in [4.78, 5) is 11.4. The van der Waals surface area contributed by atoms with Crippen molar-refractivity contribution in [1.29, 1.82) is 0 Å². The van der Waals surface area contributed by atoms with Crippen molar-refractivity contribution in [1.82, 2.24) is 4.31 Å². The third-order valence-electron chi connectivity index (χ3n) is 3.53. The number of nitrogens with zero attached hydrogens (tertiary/aromatic N) is 1. The fourth-order valence-corrected chi connectivity index (χ4v) is 6.79. The zero-order valence-corrected chi connectivity index (χ0v) is 15.6. The Hall–Kier alpha value is 0.0500. The molecule has 2 heterocycles. The van der Waals surface area contributed by atoms with Crippen LogP contribution in [0.25, 0.3) is 0 Å². The first-order valence-electron chi connectivity index (χ1n) is 6.78. The van der Waals surface area contributed by atoms with Crippen LogP contribution in [0, 0.1) is 0 Å². The molecule has 0 N–H and O–H groups in total. The van der Waals surface area contributed by atoms with E-state index < -0.39 is 10.0 Å². The van der Waals surface area contributed by atoms with Gasteiger partial charge < -0.3 is 0 Å². The molecule has 1 aromatic rings. The third-order valence-corrected chi connectivity index (χ3v) is 8.41. The Morgan fingerprint density at radius 2 is 2.19 bits per heavy atom. The van der Waals surface area contributed by atoms with E-state index in [0.717, 1.165) is 37.0 Å². The Bertz CT molecular complexity index is 610. The van der Waals surface area contributed by atoms with Crippen molar-refractivity contribution >= 4 is 54.7 Å². The molecule has 0 aliphatic carbocycles. The number of Topliss-reactive ketones (excluding diaryl/α,β-unsaturated/α-hetero) is 1. The summed E-state index contributed by atoms with van der Waals surface area (Å²) in [7, 11) is -3.60. The van der Waals surface area contributed by atoms with Crippen LogP contribution in [0.4, 0.5) is 0 Å². The van der Waals surface area contributed by atoms with Gasteiger partial charge in [0.2, 0.25) is 0 Å². The Labute approximate surface area is 142 Å². The van der Waals surface area contributed by atoms with E-state index in [1.807, 2.05) is 0 Å². The number of hydrogen-bond donors (Lipinski definition) is 0. The zero-order chi connectivity index (χ0) is 15.6. The van der Waals surface area contributed by atoms with Gasteiger partial charge in [-0.2, -0.15) is 4.31 Å². The predicted molar refractivity (Wildman–Crippen MR) is 88.5 cm³/mol. The summed E-state index contributed by atoms with van der Waals surface area (Å²) < 4.78 is 28.0. The third kappa shape index (κ3) is 4.07. The highest BCUT2D eigenvalue weighted by Gasteiger charge is 2.34. The number of ketones is 1. The summed E-state index contributed by atoms with van der Waals surface area (Å²) in [5.41, 5.74) is 0. The lowest BCUT2D eigenvalue weighted by Gasteiger charge is -2.27. The maximum Gasteiger partial charge on any atom is 0.252 e. The van der Waals surface area contributed by atoms with E-state index in [2.05, 4.69) is 15.9 Å². The minimum Gasteiger partial charge on any atom is -0.300 e. The van der Waals surface area contributed by atoms with E-state index in [0.29, 0.717) is 15.4 Å². The van der Waals surface area contributed by atoms with Crippen molar-refractivity contribution in [3.8, 4) is 0 Å². The summed E-state index contributed by atoms with van der Waals surface area (Å²) in [5, 5.41) is 0.400. The highest BCUT2D eigenvalue weighted by atomic mass is 79.9. The molecule has 1 aromatic heterocycles. The van der Waals surface area contributed by atoms with Gasteiger partial charge in [0, 0.05) is 19.0 Å². The average molecular weight is 415 g/mol. The highest BCUT2D eigenvalue weighted by molar-refractivity contribution is 9.11. The molecule has 1 atom stereocenters. The molecule has 0 aromatic carbocycles. The van der Waals surface area contributed by atoms with E-state index in [1.165, 1.54) is 17.3 Å².